The molecule has 0 amide bonds. The third kappa shape index (κ3) is 3.01. The van der Waals surface area contributed by atoms with Crippen molar-refractivity contribution in [3.05, 3.63) is 46.5 Å². The van der Waals surface area contributed by atoms with Gasteiger partial charge < -0.3 is 5.73 Å². The van der Waals surface area contributed by atoms with Crippen LogP contribution in [0.25, 0.3) is 5.65 Å². The molecule has 3 rings (SSSR count). The van der Waals surface area contributed by atoms with Crippen LogP contribution in [0, 0.1) is 12.7 Å². The van der Waals surface area contributed by atoms with Gasteiger partial charge in [0.05, 0.1) is 15.6 Å². The number of nitrogens with two attached hydrogens (primary N) is 1. The highest BCUT2D eigenvalue weighted by Crippen LogP contribution is 2.33. The first-order valence-corrected chi connectivity index (χ1v) is 10.2. The molecule has 132 valence electrons. The van der Waals surface area contributed by atoms with Gasteiger partial charge in [-0.1, -0.05) is 11.6 Å². The van der Waals surface area contributed by atoms with Gasteiger partial charge in [-0.05, 0) is 37.4 Å². The first-order valence-electron chi connectivity index (χ1n) is 7.13. The molecule has 0 aliphatic heterocycles. The number of halogens is 2. The number of rotatable bonds is 4. The summed E-state index contributed by atoms with van der Waals surface area (Å²) in [5.41, 5.74) is 7.09. The number of fused-ring (bicyclic) bond motifs is 1. The van der Waals surface area contributed by atoms with Gasteiger partial charge in [-0.3, -0.25) is 0 Å². The molecule has 0 radical (unpaired) electrons. The van der Waals surface area contributed by atoms with Crippen molar-refractivity contribution in [3.8, 4) is 0 Å². The number of benzene rings is 1. The second-order valence-electron chi connectivity index (χ2n) is 5.25. The lowest BCUT2D eigenvalue weighted by atomic mass is 10.3. The van der Waals surface area contributed by atoms with E-state index < -0.39 is 15.7 Å². The van der Waals surface area contributed by atoms with Gasteiger partial charge in [0.1, 0.15) is 10.8 Å². The Bertz CT molecular complexity index is 1080. The molecule has 0 aliphatic carbocycles. The fourth-order valence-corrected chi connectivity index (χ4v) is 5.09. The zero-order chi connectivity index (χ0) is 18.4. The molecule has 2 N–H and O–H groups in total. The van der Waals surface area contributed by atoms with Gasteiger partial charge in [0.25, 0.3) is 0 Å². The van der Waals surface area contributed by atoms with Gasteiger partial charge in [-0.25, -0.2) is 22.3 Å². The first-order chi connectivity index (χ1) is 11.8. The second-order valence-corrected chi connectivity index (χ2v) is 8.33. The Morgan fingerprint density at radius 2 is 2.08 bits per heavy atom. The molecular formula is C15H14ClFN4O2S2. The molecule has 0 bridgehead atoms. The van der Waals surface area contributed by atoms with Crippen molar-refractivity contribution in [2.45, 2.75) is 28.3 Å². The molecule has 0 aliphatic rings. The molecule has 2 aromatic heterocycles. The molecule has 0 saturated heterocycles. The van der Waals surface area contributed by atoms with E-state index in [9.17, 15) is 12.8 Å². The predicted molar refractivity (Wildman–Crippen MR) is 94.3 cm³/mol. The summed E-state index contributed by atoms with van der Waals surface area (Å²) >= 11 is 6.93. The minimum absolute atomic E-state index is 0.0407. The molecule has 6 nitrogen and oxygen atoms in total. The summed E-state index contributed by atoms with van der Waals surface area (Å²) in [5, 5.41) is 4.36. The largest absolute Gasteiger partial charge is 0.325 e. The lowest BCUT2D eigenvalue weighted by Crippen LogP contribution is -2.07. The van der Waals surface area contributed by atoms with E-state index >= 15 is 0 Å². The van der Waals surface area contributed by atoms with Gasteiger partial charge in [-0.2, -0.15) is 5.10 Å². The van der Waals surface area contributed by atoms with Crippen LogP contribution in [-0.4, -0.2) is 29.3 Å². The Kier molecular flexibility index (Phi) is 4.76. The SMILES string of the molecule is CSc1nn2c(C)cc(CN)nc2c1S(=O)(=O)c1ccc(F)c(Cl)c1. The maximum absolute atomic E-state index is 13.4. The van der Waals surface area contributed by atoms with E-state index in [1.54, 1.807) is 19.2 Å². The highest BCUT2D eigenvalue weighted by Gasteiger charge is 2.29. The minimum Gasteiger partial charge on any atom is -0.325 e. The summed E-state index contributed by atoms with van der Waals surface area (Å²) in [4.78, 5) is 4.17. The lowest BCUT2D eigenvalue weighted by molar-refractivity contribution is 0.593. The number of aryl methyl sites for hydroxylation is 1. The van der Waals surface area contributed by atoms with Crippen LogP contribution in [-0.2, 0) is 16.4 Å². The van der Waals surface area contributed by atoms with Crippen molar-refractivity contribution in [3.63, 3.8) is 0 Å². The van der Waals surface area contributed by atoms with Crippen LogP contribution in [0.3, 0.4) is 0 Å². The summed E-state index contributed by atoms with van der Waals surface area (Å²) in [5.74, 6) is -0.690. The van der Waals surface area contributed by atoms with Crippen molar-refractivity contribution < 1.29 is 12.8 Å². The first kappa shape index (κ1) is 18.1. The van der Waals surface area contributed by atoms with Gasteiger partial charge >= 0.3 is 0 Å². The van der Waals surface area contributed by atoms with E-state index in [-0.39, 0.29) is 27.0 Å². The normalized spacial score (nSPS) is 12.0. The second kappa shape index (κ2) is 6.56. The van der Waals surface area contributed by atoms with Gasteiger partial charge in [0, 0.05) is 12.2 Å². The average Bonchev–Trinajstić information content (AvgIpc) is 2.96. The van der Waals surface area contributed by atoms with E-state index in [4.69, 9.17) is 17.3 Å². The Hall–Kier alpha value is -1.68. The number of hydrogen-bond donors (Lipinski definition) is 1. The van der Waals surface area contributed by atoms with Gasteiger partial charge in [0.15, 0.2) is 10.5 Å². The summed E-state index contributed by atoms with van der Waals surface area (Å²) in [6, 6.07) is 5.02. The zero-order valence-corrected chi connectivity index (χ0v) is 15.7. The van der Waals surface area contributed by atoms with Crippen molar-refractivity contribution in [1.82, 2.24) is 14.6 Å². The molecule has 0 unspecified atom stereocenters. The Morgan fingerprint density at radius 3 is 2.68 bits per heavy atom. The van der Waals surface area contributed by atoms with E-state index in [0.29, 0.717) is 16.4 Å². The Balaban J connectivity index is 2.36. The molecule has 0 saturated carbocycles. The number of aromatic nitrogens is 3. The topological polar surface area (TPSA) is 90.3 Å². The molecule has 1 aromatic carbocycles. The highest BCUT2D eigenvalue weighted by molar-refractivity contribution is 7.99. The Morgan fingerprint density at radius 1 is 1.36 bits per heavy atom. The molecule has 25 heavy (non-hydrogen) atoms. The fraction of sp³-hybridized carbons (Fsp3) is 0.200. The van der Waals surface area contributed by atoms with E-state index in [1.807, 2.05) is 0 Å². The molecule has 0 fully saturated rings. The van der Waals surface area contributed by atoms with Crippen molar-refractivity contribution in [1.29, 1.82) is 0 Å². The Labute approximate surface area is 153 Å². The number of hydrogen-bond acceptors (Lipinski definition) is 6. The smallest absolute Gasteiger partial charge is 0.213 e. The number of thioether (sulfide) groups is 1. The van der Waals surface area contributed by atoms with Gasteiger partial charge in [0.2, 0.25) is 9.84 Å². The summed E-state index contributed by atoms with van der Waals surface area (Å²) in [7, 11) is -4.00. The molecule has 10 heteroatoms. The molecule has 3 aromatic rings. The van der Waals surface area contributed by atoms with E-state index in [0.717, 1.165) is 12.1 Å². The minimum atomic E-state index is -4.00. The maximum Gasteiger partial charge on any atom is 0.213 e. The van der Waals surface area contributed by atoms with Crippen LogP contribution < -0.4 is 5.73 Å². The molecular weight excluding hydrogens is 387 g/mol. The van der Waals surface area contributed by atoms with Crippen LogP contribution in [0.1, 0.15) is 11.4 Å². The lowest BCUT2D eigenvalue weighted by Gasteiger charge is -2.07. The molecule has 2 heterocycles. The summed E-state index contributed by atoms with van der Waals surface area (Å²) < 4.78 is 41.2. The van der Waals surface area contributed by atoms with Gasteiger partial charge in [-0.15, -0.1) is 11.8 Å². The van der Waals surface area contributed by atoms with E-state index in [1.165, 1.54) is 22.3 Å². The summed E-state index contributed by atoms with van der Waals surface area (Å²) in [6.07, 6.45) is 1.72. The van der Waals surface area contributed by atoms with E-state index in [2.05, 4.69) is 10.1 Å². The third-order valence-corrected chi connectivity index (χ3v) is 6.50. The number of sulfone groups is 1. The fourth-order valence-electron chi connectivity index (χ4n) is 2.43. The van der Waals surface area contributed by atoms with Crippen LogP contribution in [0.15, 0.2) is 39.1 Å². The predicted octanol–water partition coefficient (Wildman–Crippen LogP) is 2.84. The van der Waals surface area contributed by atoms with Crippen LogP contribution in [0.2, 0.25) is 5.02 Å². The zero-order valence-electron chi connectivity index (χ0n) is 13.3. The summed E-state index contributed by atoms with van der Waals surface area (Å²) in [6.45, 7) is 1.95. The maximum atomic E-state index is 13.4. The van der Waals surface area contributed by atoms with Crippen LogP contribution >= 0.6 is 23.4 Å². The monoisotopic (exact) mass is 400 g/mol. The average molecular weight is 401 g/mol. The van der Waals surface area contributed by atoms with Crippen molar-refractivity contribution in [2.75, 3.05) is 6.26 Å². The van der Waals surface area contributed by atoms with Crippen LogP contribution in [0.4, 0.5) is 4.39 Å². The van der Waals surface area contributed by atoms with Crippen LogP contribution in [0.5, 0.6) is 0 Å². The third-order valence-electron chi connectivity index (χ3n) is 3.62. The quantitative estimate of drug-likeness (QED) is 0.535. The highest BCUT2D eigenvalue weighted by atomic mass is 35.5. The molecule has 0 atom stereocenters. The standard InChI is InChI=1S/C15H14ClFN4O2S2/c1-8-5-9(7-18)19-14-13(15(24-2)20-21(8)14)25(22,23)10-3-4-12(17)11(16)6-10/h3-6H,7,18H2,1-2H3. The van der Waals surface area contributed by atoms with Crippen molar-refractivity contribution in [2.24, 2.45) is 5.73 Å². The molecule has 0 spiro atoms. The number of nitrogens with zero attached hydrogens (tertiary/aromatic N) is 3. The van der Waals surface area contributed by atoms with Crippen molar-refractivity contribution >= 4 is 38.8 Å².